The fraction of sp³-hybridized carbons (Fsp3) is 0.182. The molecule has 5 nitrogen and oxygen atoms in total. The van der Waals surface area contributed by atoms with Gasteiger partial charge in [0.2, 0.25) is 0 Å². The van der Waals surface area contributed by atoms with Gasteiger partial charge in [0, 0.05) is 0 Å². The molecule has 94 valence electrons. The standard InChI is InChI=1S/C11H8FNO4S/c1-16-10(14)6-4-9(13-5-18)7(3-8(6)12)11(15)17-2/h3-4H,1-2H3. The zero-order chi connectivity index (χ0) is 13.7. The first kappa shape index (κ1) is 14.0. The number of carbonyl (C=O) groups excluding carboxylic acids is 2. The summed E-state index contributed by atoms with van der Waals surface area (Å²) in [6, 6.07) is 1.89. The molecular weight excluding hydrogens is 261 g/mol. The van der Waals surface area contributed by atoms with Gasteiger partial charge in [0.25, 0.3) is 0 Å². The summed E-state index contributed by atoms with van der Waals surface area (Å²) in [6.45, 7) is 0. The van der Waals surface area contributed by atoms with Crippen LogP contribution in [0.2, 0.25) is 0 Å². The van der Waals surface area contributed by atoms with Crippen molar-refractivity contribution in [2.24, 2.45) is 4.99 Å². The Kier molecular flexibility index (Phi) is 4.65. The molecule has 0 aliphatic carbocycles. The van der Waals surface area contributed by atoms with E-state index in [2.05, 4.69) is 26.7 Å². The van der Waals surface area contributed by atoms with E-state index in [1.54, 1.807) is 0 Å². The predicted octanol–water partition coefficient (Wildman–Crippen LogP) is 2.13. The Morgan fingerprint density at radius 1 is 1.22 bits per heavy atom. The van der Waals surface area contributed by atoms with Crippen molar-refractivity contribution in [3.05, 3.63) is 29.1 Å². The van der Waals surface area contributed by atoms with E-state index in [4.69, 9.17) is 0 Å². The van der Waals surface area contributed by atoms with Crippen molar-refractivity contribution in [3.63, 3.8) is 0 Å². The molecule has 0 aliphatic rings. The van der Waals surface area contributed by atoms with Gasteiger partial charge >= 0.3 is 11.9 Å². The number of aliphatic imine (C=N–C) groups is 1. The minimum absolute atomic E-state index is 0.0151. The molecule has 0 saturated carbocycles. The second-order valence-corrected chi connectivity index (χ2v) is 3.22. The highest BCUT2D eigenvalue weighted by molar-refractivity contribution is 7.78. The summed E-state index contributed by atoms with van der Waals surface area (Å²) in [5.41, 5.74) is -0.521. The quantitative estimate of drug-likeness (QED) is 0.478. The van der Waals surface area contributed by atoms with Gasteiger partial charge < -0.3 is 9.47 Å². The van der Waals surface area contributed by atoms with Crippen molar-refractivity contribution in [3.8, 4) is 0 Å². The molecular formula is C11H8FNO4S. The number of rotatable bonds is 3. The average Bonchev–Trinajstić information content (AvgIpc) is 2.38. The number of hydrogen-bond donors (Lipinski definition) is 0. The second kappa shape index (κ2) is 6.00. The van der Waals surface area contributed by atoms with Gasteiger partial charge in [0.15, 0.2) is 0 Å². The van der Waals surface area contributed by atoms with E-state index >= 15 is 0 Å². The highest BCUT2D eigenvalue weighted by Gasteiger charge is 2.20. The van der Waals surface area contributed by atoms with Gasteiger partial charge in [-0.25, -0.2) is 14.0 Å². The smallest absolute Gasteiger partial charge is 0.340 e. The maximum absolute atomic E-state index is 13.6. The Morgan fingerprint density at radius 3 is 2.28 bits per heavy atom. The largest absolute Gasteiger partial charge is 0.465 e. The fourth-order valence-electron chi connectivity index (χ4n) is 1.24. The van der Waals surface area contributed by atoms with Crippen LogP contribution in [-0.4, -0.2) is 31.3 Å². The predicted molar refractivity (Wildman–Crippen MR) is 63.8 cm³/mol. The highest BCUT2D eigenvalue weighted by atomic mass is 32.1. The van der Waals surface area contributed by atoms with Crippen molar-refractivity contribution >= 4 is 35.0 Å². The van der Waals surface area contributed by atoms with Gasteiger partial charge in [-0.1, -0.05) is 0 Å². The number of isothiocyanates is 1. The van der Waals surface area contributed by atoms with E-state index < -0.39 is 17.8 Å². The molecule has 0 aliphatic heterocycles. The molecule has 0 unspecified atom stereocenters. The SMILES string of the molecule is COC(=O)c1cc(N=C=S)c(C(=O)OC)cc1F. The first-order valence-corrected chi connectivity index (χ1v) is 5.04. The van der Waals surface area contributed by atoms with E-state index in [1.807, 2.05) is 5.16 Å². The number of halogens is 1. The van der Waals surface area contributed by atoms with Crippen molar-refractivity contribution in [1.82, 2.24) is 0 Å². The maximum atomic E-state index is 13.6. The second-order valence-electron chi connectivity index (χ2n) is 3.04. The molecule has 1 aromatic rings. The van der Waals surface area contributed by atoms with Crippen molar-refractivity contribution in [1.29, 1.82) is 0 Å². The molecule has 0 fully saturated rings. The maximum Gasteiger partial charge on any atom is 0.340 e. The molecule has 0 amide bonds. The summed E-state index contributed by atoms with van der Waals surface area (Å²) in [5.74, 6) is -2.59. The van der Waals surface area contributed by atoms with Crippen LogP contribution in [0.25, 0.3) is 0 Å². The molecule has 1 rings (SSSR count). The molecule has 0 heterocycles. The van der Waals surface area contributed by atoms with Crippen LogP contribution < -0.4 is 0 Å². The van der Waals surface area contributed by atoms with Crippen molar-refractivity contribution in [2.75, 3.05) is 14.2 Å². The van der Waals surface area contributed by atoms with Crippen molar-refractivity contribution < 1.29 is 23.5 Å². The van der Waals surface area contributed by atoms with Crippen LogP contribution in [0.15, 0.2) is 17.1 Å². The third-order valence-corrected chi connectivity index (χ3v) is 2.15. The summed E-state index contributed by atoms with van der Waals surface area (Å²) >= 11 is 4.41. The molecule has 0 spiro atoms. The number of esters is 2. The molecule has 0 N–H and O–H groups in total. The number of ether oxygens (including phenoxy) is 2. The summed E-state index contributed by atoms with van der Waals surface area (Å²) < 4.78 is 22.5. The minimum Gasteiger partial charge on any atom is -0.465 e. The van der Waals surface area contributed by atoms with Gasteiger partial charge in [-0.2, -0.15) is 4.99 Å². The third-order valence-electron chi connectivity index (χ3n) is 2.06. The van der Waals surface area contributed by atoms with Crippen LogP contribution in [0.4, 0.5) is 10.1 Å². The zero-order valence-corrected chi connectivity index (χ0v) is 10.3. The van der Waals surface area contributed by atoms with Crippen LogP contribution in [0.5, 0.6) is 0 Å². The van der Waals surface area contributed by atoms with E-state index in [9.17, 15) is 14.0 Å². The number of benzene rings is 1. The van der Waals surface area contributed by atoms with Crippen molar-refractivity contribution in [2.45, 2.75) is 0 Å². The Morgan fingerprint density at radius 2 is 1.78 bits per heavy atom. The van der Waals surface area contributed by atoms with Gasteiger partial charge in [-0.3, -0.25) is 0 Å². The number of carbonyl (C=O) groups is 2. The molecule has 18 heavy (non-hydrogen) atoms. The summed E-state index contributed by atoms with van der Waals surface area (Å²) in [6.07, 6.45) is 0. The lowest BCUT2D eigenvalue weighted by Crippen LogP contribution is -2.08. The highest BCUT2D eigenvalue weighted by Crippen LogP contribution is 2.24. The van der Waals surface area contributed by atoms with Gasteiger partial charge in [-0.15, -0.1) is 0 Å². The van der Waals surface area contributed by atoms with E-state index in [1.165, 1.54) is 0 Å². The molecule has 0 aromatic heterocycles. The molecule has 7 heteroatoms. The van der Waals surface area contributed by atoms with E-state index in [0.717, 1.165) is 26.4 Å². The number of thiocarbonyl (C=S) groups is 1. The minimum atomic E-state index is -0.912. The fourth-order valence-corrected chi connectivity index (χ4v) is 1.34. The van der Waals surface area contributed by atoms with Gasteiger partial charge in [0.05, 0.1) is 36.2 Å². The summed E-state index contributed by atoms with van der Waals surface area (Å²) in [4.78, 5) is 26.2. The Balaban J connectivity index is 3.48. The lowest BCUT2D eigenvalue weighted by atomic mass is 10.1. The Hall–Kier alpha value is -2.11. The molecule has 0 bridgehead atoms. The molecule has 1 aromatic carbocycles. The molecule has 0 radical (unpaired) electrons. The van der Waals surface area contributed by atoms with Gasteiger partial charge in [-0.05, 0) is 24.4 Å². The van der Waals surface area contributed by atoms with Crippen LogP contribution in [0, 0.1) is 5.82 Å². The van der Waals surface area contributed by atoms with Crippen LogP contribution >= 0.6 is 12.2 Å². The zero-order valence-electron chi connectivity index (χ0n) is 9.52. The van der Waals surface area contributed by atoms with E-state index in [-0.39, 0.29) is 16.8 Å². The van der Waals surface area contributed by atoms with Gasteiger partial charge in [0.1, 0.15) is 5.82 Å². The summed E-state index contributed by atoms with van der Waals surface area (Å²) in [5, 5.41) is 2.03. The molecule has 0 saturated heterocycles. The number of hydrogen-bond acceptors (Lipinski definition) is 6. The Bertz CT molecular complexity index is 552. The third kappa shape index (κ3) is 2.77. The average molecular weight is 269 g/mol. The van der Waals surface area contributed by atoms with Crippen LogP contribution in [0.1, 0.15) is 20.7 Å². The lowest BCUT2D eigenvalue weighted by molar-refractivity contribution is 0.0582. The van der Waals surface area contributed by atoms with E-state index in [0.29, 0.717) is 0 Å². The number of nitrogens with zero attached hydrogens (tertiary/aromatic N) is 1. The normalized spacial score (nSPS) is 9.28. The first-order chi connectivity index (χ1) is 8.54. The monoisotopic (exact) mass is 269 g/mol. The Labute approximate surface area is 107 Å². The topological polar surface area (TPSA) is 65.0 Å². The first-order valence-electron chi connectivity index (χ1n) is 4.63. The lowest BCUT2D eigenvalue weighted by Gasteiger charge is -2.06. The van der Waals surface area contributed by atoms with Crippen LogP contribution in [0.3, 0.4) is 0 Å². The van der Waals surface area contributed by atoms with Crippen LogP contribution in [-0.2, 0) is 9.47 Å². The number of methoxy groups -OCH3 is 2. The molecule has 0 atom stereocenters. The summed E-state index contributed by atoms with van der Waals surface area (Å²) in [7, 11) is 2.25.